The summed E-state index contributed by atoms with van der Waals surface area (Å²) in [6.45, 7) is 1.81. The quantitative estimate of drug-likeness (QED) is 0.471. The first-order chi connectivity index (χ1) is 12.4. The summed E-state index contributed by atoms with van der Waals surface area (Å²) in [7, 11) is 0. The van der Waals surface area contributed by atoms with E-state index < -0.39 is 5.91 Å². The van der Waals surface area contributed by atoms with Crippen molar-refractivity contribution in [1.82, 2.24) is 10.6 Å². The van der Waals surface area contributed by atoms with Crippen LogP contribution in [0.25, 0.3) is 0 Å². The predicted octanol–water partition coefficient (Wildman–Crippen LogP) is 1.51. The molecule has 1 aliphatic heterocycles. The second kappa shape index (κ2) is 9.65. The van der Waals surface area contributed by atoms with Crippen LogP contribution in [0.4, 0.5) is 10.5 Å². The minimum absolute atomic E-state index is 0.0417. The molecule has 0 spiro atoms. The number of primary amides is 1. The maximum Gasteiger partial charge on any atom is 0.315 e. The van der Waals surface area contributed by atoms with E-state index in [0.717, 1.165) is 25.7 Å². The summed E-state index contributed by atoms with van der Waals surface area (Å²) >= 11 is 0. The van der Waals surface area contributed by atoms with E-state index in [1.165, 1.54) is 0 Å². The van der Waals surface area contributed by atoms with Gasteiger partial charge in [-0.3, -0.25) is 9.59 Å². The van der Waals surface area contributed by atoms with Crippen molar-refractivity contribution in [3.05, 3.63) is 24.3 Å². The lowest BCUT2D eigenvalue weighted by atomic mass is 10.0. The van der Waals surface area contributed by atoms with Crippen molar-refractivity contribution in [1.29, 1.82) is 0 Å². The van der Waals surface area contributed by atoms with Gasteiger partial charge in [0.2, 0.25) is 5.91 Å². The third-order valence-electron chi connectivity index (χ3n) is 4.22. The summed E-state index contributed by atoms with van der Waals surface area (Å²) in [5, 5.41) is 8.54. The summed E-state index contributed by atoms with van der Waals surface area (Å²) in [5.74, 6) is -0.0621. The van der Waals surface area contributed by atoms with Crippen LogP contribution in [0.2, 0.25) is 0 Å². The molecule has 1 aromatic rings. The number of amides is 4. The zero-order valence-electron chi connectivity index (χ0n) is 14.9. The van der Waals surface area contributed by atoms with Gasteiger partial charge in [-0.25, -0.2) is 4.79 Å². The normalized spacial score (nSPS) is 18.7. The molecule has 8 nitrogen and oxygen atoms in total. The molecule has 26 heavy (non-hydrogen) atoms. The predicted molar refractivity (Wildman–Crippen MR) is 97.8 cm³/mol. The molecule has 142 valence electrons. The van der Waals surface area contributed by atoms with E-state index in [9.17, 15) is 14.4 Å². The standard InChI is InChI=1S/C18H26N4O4/c1-12-15(22-18(25)20-12)5-3-2-4-6-17(24)21-13-7-9-14(10-8-13)26-11-16(19)23/h7-10,12,15H,2-6,11H2,1H3,(H2,19,23)(H,21,24)(H2,20,22,25)/t12-,15+/m1/s1. The summed E-state index contributed by atoms with van der Waals surface area (Å²) in [5.41, 5.74) is 5.69. The number of benzene rings is 1. The van der Waals surface area contributed by atoms with Gasteiger partial charge in [-0.15, -0.1) is 0 Å². The number of carbonyl (C=O) groups is 3. The number of ether oxygens (including phenoxy) is 1. The van der Waals surface area contributed by atoms with Gasteiger partial charge in [-0.1, -0.05) is 12.8 Å². The van der Waals surface area contributed by atoms with Crippen LogP contribution < -0.4 is 26.4 Å². The summed E-state index contributed by atoms with van der Waals surface area (Å²) in [4.78, 5) is 33.8. The van der Waals surface area contributed by atoms with Crippen LogP contribution in [-0.2, 0) is 9.59 Å². The minimum atomic E-state index is -0.539. The molecular weight excluding hydrogens is 336 g/mol. The maximum atomic E-state index is 12.0. The molecule has 1 heterocycles. The number of hydrogen-bond donors (Lipinski definition) is 4. The van der Waals surface area contributed by atoms with E-state index in [2.05, 4.69) is 16.0 Å². The fourth-order valence-corrected chi connectivity index (χ4v) is 2.80. The molecule has 2 atom stereocenters. The van der Waals surface area contributed by atoms with E-state index >= 15 is 0 Å². The molecule has 8 heteroatoms. The Labute approximate surface area is 152 Å². The van der Waals surface area contributed by atoms with Crippen LogP contribution in [-0.4, -0.2) is 36.5 Å². The number of anilines is 1. The van der Waals surface area contributed by atoms with Crippen LogP contribution in [0.15, 0.2) is 24.3 Å². The molecule has 0 saturated carbocycles. The Bertz CT molecular complexity index is 633. The van der Waals surface area contributed by atoms with Gasteiger partial charge in [0.05, 0.1) is 6.04 Å². The number of rotatable bonds is 10. The Morgan fingerprint density at radius 1 is 1.15 bits per heavy atom. The highest BCUT2D eigenvalue weighted by atomic mass is 16.5. The van der Waals surface area contributed by atoms with Crippen molar-refractivity contribution in [3.63, 3.8) is 0 Å². The maximum absolute atomic E-state index is 12.0. The lowest BCUT2D eigenvalue weighted by molar-refractivity contribution is -0.120. The zero-order valence-corrected chi connectivity index (χ0v) is 14.9. The molecule has 4 amide bonds. The van der Waals surface area contributed by atoms with Crippen LogP contribution in [0.3, 0.4) is 0 Å². The fourth-order valence-electron chi connectivity index (χ4n) is 2.80. The molecule has 0 aliphatic carbocycles. The Morgan fingerprint density at radius 2 is 1.88 bits per heavy atom. The van der Waals surface area contributed by atoms with Crippen LogP contribution >= 0.6 is 0 Å². The monoisotopic (exact) mass is 362 g/mol. The second-order valence-corrected chi connectivity index (χ2v) is 6.44. The summed E-state index contributed by atoms with van der Waals surface area (Å²) in [6, 6.07) is 6.99. The van der Waals surface area contributed by atoms with Crippen molar-refractivity contribution in [3.8, 4) is 5.75 Å². The highest BCUT2D eigenvalue weighted by Gasteiger charge is 2.26. The molecule has 5 N–H and O–H groups in total. The van der Waals surface area contributed by atoms with Gasteiger partial charge in [-0.2, -0.15) is 0 Å². The van der Waals surface area contributed by atoms with Gasteiger partial charge in [0.25, 0.3) is 5.91 Å². The van der Waals surface area contributed by atoms with Crippen molar-refractivity contribution in [2.75, 3.05) is 11.9 Å². The average Bonchev–Trinajstić information content (AvgIpc) is 2.91. The van der Waals surface area contributed by atoms with Crippen molar-refractivity contribution in [2.24, 2.45) is 5.73 Å². The number of carbonyl (C=O) groups excluding carboxylic acids is 3. The first kappa shape index (κ1) is 19.6. The topological polar surface area (TPSA) is 123 Å². The molecule has 0 bridgehead atoms. The Kier molecular flexibility index (Phi) is 7.25. The van der Waals surface area contributed by atoms with Gasteiger partial charge < -0.3 is 26.4 Å². The Hall–Kier alpha value is -2.77. The van der Waals surface area contributed by atoms with E-state index in [4.69, 9.17) is 10.5 Å². The second-order valence-electron chi connectivity index (χ2n) is 6.44. The largest absolute Gasteiger partial charge is 0.484 e. The van der Waals surface area contributed by atoms with E-state index in [-0.39, 0.29) is 30.6 Å². The highest BCUT2D eigenvalue weighted by Crippen LogP contribution is 2.16. The molecule has 0 radical (unpaired) electrons. The molecule has 1 aliphatic rings. The lowest BCUT2D eigenvalue weighted by Crippen LogP contribution is -2.30. The number of hydrogen-bond acceptors (Lipinski definition) is 4. The highest BCUT2D eigenvalue weighted by molar-refractivity contribution is 5.90. The van der Waals surface area contributed by atoms with Gasteiger partial charge in [-0.05, 0) is 44.0 Å². The van der Waals surface area contributed by atoms with Crippen LogP contribution in [0, 0.1) is 0 Å². The first-order valence-corrected chi connectivity index (χ1v) is 8.82. The third kappa shape index (κ3) is 6.62. The third-order valence-corrected chi connectivity index (χ3v) is 4.22. The van der Waals surface area contributed by atoms with Gasteiger partial charge in [0, 0.05) is 18.2 Å². The molecular formula is C18H26N4O4. The molecule has 0 unspecified atom stereocenters. The molecule has 1 fully saturated rings. The van der Waals surface area contributed by atoms with E-state index in [1.807, 2.05) is 6.92 Å². The Balaban J connectivity index is 1.59. The Morgan fingerprint density at radius 3 is 2.50 bits per heavy atom. The number of unbranched alkanes of at least 4 members (excludes halogenated alkanes) is 2. The van der Waals surface area contributed by atoms with E-state index in [0.29, 0.717) is 17.9 Å². The molecule has 1 aromatic carbocycles. The molecule has 2 rings (SSSR count). The van der Waals surface area contributed by atoms with E-state index in [1.54, 1.807) is 24.3 Å². The zero-order chi connectivity index (χ0) is 18.9. The summed E-state index contributed by atoms with van der Waals surface area (Å²) in [6.07, 6.45) is 4.07. The van der Waals surface area contributed by atoms with Gasteiger partial charge in [0.1, 0.15) is 5.75 Å². The smallest absolute Gasteiger partial charge is 0.315 e. The SMILES string of the molecule is C[C@H]1NC(=O)N[C@H]1CCCCCC(=O)Nc1ccc(OCC(N)=O)cc1. The summed E-state index contributed by atoms with van der Waals surface area (Å²) < 4.78 is 5.16. The number of nitrogens with one attached hydrogen (secondary N) is 3. The van der Waals surface area contributed by atoms with Crippen molar-refractivity contribution in [2.45, 2.75) is 51.1 Å². The minimum Gasteiger partial charge on any atom is -0.484 e. The lowest BCUT2D eigenvalue weighted by Gasteiger charge is -2.13. The van der Waals surface area contributed by atoms with Gasteiger partial charge >= 0.3 is 6.03 Å². The van der Waals surface area contributed by atoms with Crippen molar-refractivity contribution < 1.29 is 19.1 Å². The average molecular weight is 362 g/mol. The number of nitrogens with two attached hydrogens (primary N) is 1. The molecule has 0 aromatic heterocycles. The first-order valence-electron chi connectivity index (χ1n) is 8.82. The van der Waals surface area contributed by atoms with Crippen molar-refractivity contribution >= 4 is 23.5 Å². The van der Waals surface area contributed by atoms with Crippen LogP contribution in [0.1, 0.15) is 39.0 Å². The van der Waals surface area contributed by atoms with Crippen LogP contribution in [0.5, 0.6) is 5.75 Å². The molecule has 1 saturated heterocycles. The fraction of sp³-hybridized carbons (Fsp3) is 0.500. The number of urea groups is 1. The van der Waals surface area contributed by atoms with Gasteiger partial charge in [0.15, 0.2) is 6.61 Å².